The van der Waals surface area contributed by atoms with Crippen molar-refractivity contribution >= 4 is 44.4 Å². The van der Waals surface area contributed by atoms with Crippen molar-refractivity contribution in [3.05, 3.63) is 59.2 Å². The number of nitrogens with zero attached hydrogens (tertiary/aromatic N) is 2. The minimum atomic E-state index is -0.349. The minimum Gasteiger partial charge on any atom is -0.302 e. The number of unbranched alkanes of at least 4 members (excludes halogenated alkanes) is 1. The topological polar surface area (TPSA) is 79.4 Å². The molecular formula is C22H21N3O3S. The van der Waals surface area contributed by atoms with Gasteiger partial charge in [-0.05, 0) is 42.7 Å². The summed E-state index contributed by atoms with van der Waals surface area (Å²) in [5, 5.41) is 3.32. The van der Waals surface area contributed by atoms with Gasteiger partial charge in [0.2, 0.25) is 5.91 Å². The van der Waals surface area contributed by atoms with Crippen LogP contribution in [0.25, 0.3) is 10.2 Å². The van der Waals surface area contributed by atoms with Crippen LogP contribution >= 0.6 is 11.3 Å². The first-order chi connectivity index (χ1) is 14.1. The van der Waals surface area contributed by atoms with Crippen LogP contribution in [0.5, 0.6) is 0 Å². The first-order valence-corrected chi connectivity index (χ1v) is 10.5. The summed E-state index contributed by atoms with van der Waals surface area (Å²) in [5.74, 6) is -0.970. The number of aromatic nitrogens is 1. The van der Waals surface area contributed by atoms with Crippen LogP contribution in [0.3, 0.4) is 0 Å². The van der Waals surface area contributed by atoms with Gasteiger partial charge in [-0.3, -0.25) is 19.3 Å². The molecule has 2 heterocycles. The largest absolute Gasteiger partial charge is 0.302 e. The molecule has 3 amide bonds. The lowest BCUT2D eigenvalue weighted by molar-refractivity contribution is -0.116. The molecule has 0 unspecified atom stereocenters. The molecule has 29 heavy (non-hydrogen) atoms. The summed E-state index contributed by atoms with van der Waals surface area (Å²) in [5.41, 5.74) is 2.91. The van der Waals surface area contributed by atoms with Crippen LogP contribution in [0.1, 0.15) is 52.5 Å². The van der Waals surface area contributed by atoms with Crippen LogP contribution in [-0.2, 0) is 11.2 Å². The van der Waals surface area contributed by atoms with Gasteiger partial charge < -0.3 is 5.32 Å². The molecular weight excluding hydrogens is 386 g/mol. The van der Waals surface area contributed by atoms with Crippen LogP contribution in [0.4, 0.5) is 5.13 Å². The lowest BCUT2D eigenvalue weighted by Gasteiger charge is -2.12. The van der Waals surface area contributed by atoms with Gasteiger partial charge in [-0.15, -0.1) is 0 Å². The number of benzene rings is 2. The van der Waals surface area contributed by atoms with Gasteiger partial charge in [-0.2, -0.15) is 0 Å². The van der Waals surface area contributed by atoms with E-state index in [1.807, 2.05) is 6.07 Å². The lowest BCUT2D eigenvalue weighted by Crippen LogP contribution is -2.32. The van der Waals surface area contributed by atoms with E-state index in [1.165, 1.54) is 16.9 Å². The number of fused-ring (bicyclic) bond motifs is 2. The van der Waals surface area contributed by atoms with Gasteiger partial charge >= 0.3 is 0 Å². The fourth-order valence-electron chi connectivity index (χ4n) is 3.40. The van der Waals surface area contributed by atoms with Crippen molar-refractivity contribution in [2.45, 2.75) is 32.6 Å². The maximum Gasteiger partial charge on any atom is 0.261 e. The quantitative estimate of drug-likeness (QED) is 0.594. The predicted octanol–water partition coefficient (Wildman–Crippen LogP) is 4.26. The third-order valence-corrected chi connectivity index (χ3v) is 5.89. The third-order valence-electron chi connectivity index (χ3n) is 4.96. The second-order valence-electron chi connectivity index (χ2n) is 7.03. The number of nitrogens with one attached hydrogen (secondary N) is 1. The number of aryl methyl sites for hydroxylation is 1. The Morgan fingerprint density at radius 2 is 1.83 bits per heavy atom. The second kappa shape index (κ2) is 8.13. The van der Waals surface area contributed by atoms with E-state index in [4.69, 9.17) is 0 Å². The number of rotatable bonds is 7. The number of thiazole rings is 1. The molecule has 4 rings (SSSR count). The summed E-state index contributed by atoms with van der Waals surface area (Å²) in [6, 6.07) is 12.9. The summed E-state index contributed by atoms with van der Waals surface area (Å²) in [6.07, 6.45) is 3.36. The van der Waals surface area contributed by atoms with Gasteiger partial charge in [-0.1, -0.05) is 42.9 Å². The monoisotopic (exact) mass is 407 g/mol. The van der Waals surface area contributed by atoms with Crippen LogP contribution in [-0.4, -0.2) is 34.2 Å². The zero-order valence-corrected chi connectivity index (χ0v) is 16.9. The van der Waals surface area contributed by atoms with E-state index >= 15 is 0 Å². The van der Waals surface area contributed by atoms with Crippen LogP contribution in [0.2, 0.25) is 0 Å². The Kier molecular flexibility index (Phi) is 5.40. The van der Waals surface area contributed by atoms with Gasteiger partial charge in [0, 0.05) is 13.0 Å². The van der Waals surface area contributed by atoms with E-state index in [1.54, 1.807) is 24.3 Å². The van der Waals surface area contributed by atoms with E-state index in [9.17, 15) is 14.4 Å². The van der Waals surface area contributed by atoms with Gasteiger partial charge in [0.05, 0.1) is 21.3 Å². The normalized spacial score (nSPS) is 13.2. The zero-order valence-electron chi connectivity index (χ0n) is 16.1. The number of anilines is 1. The van der Waals surface area contributed by atoms with Crippen LogP contribution < -0.4 is 5.32 Å². The molecule has 1 aliphatic heterocycles. The molecule has 0 radical (unpaired) electrons. The predicted molar refractivity (Wildman–Crippen MR) is 113 cm³/mol. The first kappa shape index (κ1) is 19.3. The molecule has 148 valence electrons. The molecule has 2 aromatic carbocycles. The Balaban J connectivity index is 1.38. The zero-order chi connectivity index (χ0) is 20.4. The molecule has 0 aliphatic carbocycles. The maximum atomic E-state index is 12.4. The molecule has 3 aromatic rings. The molecule has 0 saturated carbocycles. The summed E-state index contributed by atoms with van der Waals surface area (Å²) < 4.78 is 1.04. The third kappa shape index (κ3) is 3.91. The van der Waals surface area contributed by atoms with Gasteiger partial charge in [0.25, 0.3) is 11.8 Å². The molecule has 0 fully saturated rings. The lowest BCUT2D eigenvalue weighted by atomic mass is 10.1. The number of carbonyl (C=O) groups is 3. The Morgan fingerprint density at radius 1 is 1.10 bits per heavy atom. The first-order valence-electron chi connectivity index (χ1n) is 9.71. The van der Waals surface area contributed by atoms with Crippen LogP contribution in [0, 0.1) is 0 Å². The van der Waals surface area contributed by atoms with Crippen molar-refractivity contribution in [1.82, 2.24) is 9.88 Å². The fourth-order valence-corrected chi connectivity index (χ4v) is 4.34. The van der Waals surface area contributed by atoms with Gasteiger partial charge in [0.15, 0.2) is 5.13 Å². The Hall–Kier alpha value is -3.06. The van der Waals surface area contributed by atoms with Crippen molar-refractivity contribution < 1.29 is 14.4 Å². The standard InChI is InChI=1S/C22H21N3O3S/c1-2-3-6-14-9-10-17-18(13-14)29-22(23-17)24-19(26)11-12-25-20(27)15-7-4-5-8-16(15)21(25)28/h4-5,7-10,13H,2-3,6,11-12H2,1H3,(H,23,24,26). The smallest absolute Gasteiger partial charge is 0.261 e. The van der Waals surface area contributed by atoms with Gasteiger partial charge in [-0.25, -0.2) is 4.98 Å². The highest BCUT2D eigenvalue weighted by Gasteiger charge is 2.34. The number of hydrogen-bond acceptors (Lipinski definition) is 5. The Bertz CT molecular complexity index is 1070. The Morgan fingerprint density at radius 3 is 2.52 bits per heavy atom. The fraction of sp³-hybridized carbons (Fsp3) is 0.273. The molecule has 0 spiro atoms. The average molecular weight is 407 g/mol. The van der Waals surface area contributed by atoms with Crippen molar-refractivity contribution in [2.75, 3.05) is 11.9 Å². The van der Waals surface area contributed by atoms with Gasteiger partial charge in [0.1, 0.15) is 0 Å². The number of hydrogen-bond donors (Lipinski definition) is 1. The second-order valence-corrected chi connectivity index (χ2v) is 8.06. The maximum absolute atomic E-state index is 12.4. The SMILES string of the molecule is CCCCc1ccc2nc(NC(=O)CCN3C(=O)c4ccccc4C3=O)sc2c1. The van der Waals surface area contributed by atoms with E-state index in [0.29, 0.717) is 16.3 Å². The molecule has 6 nitrogen and oxygen atoms in total. The average Bonchev–Trinajstić information content (AvgIpc) is 3.23. The number of carbonyl (C=O) groups excluding carboxylic acids is 3. The highest BCUT2D eigenvalue weighted by atomic mass is 32.1. The van der Waals surface area contributed by atoms with E-state index in [-0.39, 0.29) is 30.7 Å². The summed E-state index contributed by atoms with van der Waals surface area (Å²) in [4.78, 5) is 42.7. The van der Waals surface area contributed by atoms with Crippen molar-refractivity contribution in [1.29, 1.82) is 0 Å². The molecule has 0 atom stereocenters. The van der Waals surface area contributed by atoms with E-state index in [2.05, 4.69) is 29.4 Å². The minimum absolute atomic E-state index is 0.0309. The molecule has 0 saturated heterocycles. The summed E-state index contributed by atoms with van der Waals surface area (Å²) >= 11 is 1.43. The van der Waals surface area contributed by atoms with Crippen LogP contribution in [0.15, 0.2) is 42.5 Å². The van der Waals surface area contributed by atoms with Crippen molar-refractivity contribution in [2.24, 2.45) is 0 Å². The van der Waals surface area contributed by atoms with E-state index in [0.717, 1.165) is 34.4 Å². The molecule has 0 bridgehead atoms. The van der Waals surface area contributed by atoms with Crippen molar-refractivity contribution in [3.63, 3.8) is 0 Å². The molecule has 1 N–H and O–H groups in total. The molecule has 7 heteroatoms. The van der Waals surface area contributed by atoms with E-state index < -0.39 is 0 Å². The Labute approximate surface area is 172 Å². The molecule has 1 aliphatic rings. The highest BCUT2D eigenvalue weighted by Crippen LogP contribution is 2.28. The number of amides is 3. The summed E-state index contributed by atoms with van der Waals surface area (Å²) in [7, 11) is 0. The number of imide groups is 1. The summed E-state index contributed by atoms with van der Waals surface area (Å²) in [6.45, 7) is 2.21. The highest BCUT2D eigenvalue weighted by molar-refractivity contribution is 7.22. The van der Waals surface area contributed by atoms with Crippen molar-refractivity contribution in [3.8, 4) is 0 Å². The molecule has 1 aromatic heterocycles.